The zero-order valence-corrected chi connectivity index (χ0v) is 3.35. The van der Waals surface area contributed by atoms with Gasteiger partial charge in [0.15, 0.2) is 0 Å². The van der Waals surface area contributed by atoms with Crippen molar-refractivity contribution in [1.82, 2.24) is 0 Å². The van der Waals surface area contributed by atoms with Crippen LogP contribution in [0.4, 0.5) is 0 Å². The molecule has 6 heavy (non-hydrogen) atoms. The molecule has 0 aromatic heterocycles. The predicted octanol–water partition coefficient (Wildman–Crippen LogP) is -0.232. The molecule has 2 heteroatoms. The Morgan fingerprint density at radius 1 is 2.17 bits per heavy atom. The molecule has 36 valence electrons. The second-order valence-electron chi connectivity index (χ2n) is 1.32. The lowest BCUT2D eigenvalue weighted by atomic mass is 10.4. The van der Waals surface area contributed by atoms with Crippen molar-refractivity contribution in [3.05, 3.63) is 0 Å². The van der Waals surface area contributed by atoms with Gasteiger partial charge in [-0.15, -0.1) is 0 Å². The molecule has 1 unspecified atom stereocenters. The van der Waals surface area contributed by atoms with E-state index in [2.05, 4.69) is 4.74 Å². The summed E-state index contributed by atoms with van der Waals surface area (Å²) >= 11 is 0. The number of rotatable bonds is 2. The summed E-state index contributed by atoms with van der Waals surface area (Å²) in [5.41, 5.74) is 0. The first-order chi connectivity index (χ1) is 3.58. The lowest BCUT2D eigenvalue weighted by Crippen LogP contribution is -1.88. The highest BCUT2D eigenvalue weighted by atomic mass is 18.2. The maximum Gasteiger partial charge on any atom is 0.0831 e. The topological polar surface area (TPSA) is 32.8 Å². The van der Waals surface area contributed by atoms with Crippen molar-refractivity contribution in [3.8, 4) is 0 Å². The third-order valence-corrected chi connectivity index (χ3v) is 0.721. The van der Waals surface area contributed by atoms with Crippen LogP contribution in [0.25, 0.3) is 0 Å². The van der Waals surface area contributed by atoms with Gasteiger partial charge in [-0.2, -0.15) is 0 Å². The normalized spacial score (nSPS) is 37.8. The first kappa shape index (κ1) is 2.28. The summed E-state index contributed by atoms with van der Waals surface area (Å²) in [5, 5.41) is 8.48. The van der Waals surface area contributed by atoms with Gasteiger partial charge < -0.3 is 9.84 Å². The van der Waals surface area contributed by atoms with Gasteiger partial charge in [-0.3, -0.25) is 0 Å². The third kappa shape index (κ3) is 0.954. The summed E-state index contributed by atoms with van der Waals surface area (Å²) in [4.78, 5) is 0. The monoisotopic (exact) mass is 92.1 g/mol. The molecule has 0 amide bonds. The molecule has 1 heterocycles. The number of hydrogen-bond donors (Lipinski definition) is 1. The van der Waals surface area contributed by atoms with Crippen molar-refractivity contribution in [2.24, 2.45) is 0 Å². The largest absolute Gasteiger partial charge is 0.396 e. The standard InChI is InChI=1S/C4H8O2/c5-2-1-4-3-6-4/h4-5H,1-3H2/i2D2,5+2. The summed E-state index contributed by atoms with van der Waals surface area (Å²) in [6, 6.07) is 0. The van der Waals surface area contributed by atoms with E-state index >= 15 is 0 Å². The highest BCUT2D eigenvalue weighted by Crippen LogP contribution is 2.11. The Kier molecular flexibility index (Phi) is 0.601. The summed E-state index contributed by atoms with van der Waals surface area (Å²) in [6.07, 6.45) is 0.0718. The van der Waals surface area contributed by atoms with Gasteiger partial charge in [0.1, 0.15) is 0 Å². The van der Waals surface area contributed by atoms with Crippen LogP contribution in [0.15, 0.2) is 0 Å². The van der Waals surface area contributed by atoms with Gasteiger partial charge in [0.25, 0.3) is 0 Å². The quantitative estimate of drug-likeness (QED) is 0.377. The lowest BCUT2D eigenvalue weighted by Gasteiger charge is -1.80. The molecule has 1 atom stereocenters. The fourth-order valence-electron chi connectivity index (χ4n) is 0.288. The van der Waals surface area contributed by atoms with Crippen LogP contribution in [0, 0.1) is 0 Å². The van der Waals surface area contributed by atoms with E-state index in [9.17, 15) is 0 Å². The Balaban J connectivity index is 2.16. The van der Waals surface area contributed by atoms with E-state index in [0.29, 0.717) is 6.61 Å². The second kappa shape index (κ2) is 1.58. The van der Waals surface area contributed by atoms with Crippen molar-refractivity contribution >= 4 is 0 Å². The molecular weight excluding hydrogens is 82.0 g/mol. The van der Waals surface area contributed by atoms with Crippen LogP contribution < -0.4 is 0 Å². The molecule has 1 rings (SSSR count). The zero-order chi connectivity index (χ0) is 6.20. The molecule has 1 aliphatic rings. The number of ether oxygens (including phenoxy) is 1. The van der Waals surface area contributed by atoms with Gasteiger partial charge in [0, 0.05) is 6.56 Å². The Bertz CT molecular complexity index is 84.5. The molecule has 1 aliphatic heterocycles. The molecular formula is C4H8O2. The number of hydrogen-bond acceptors (Lipinski definition) is 2. The Labute approximate surface area is 39.5 Å². The molecule has 0 bridgehead atoms. The van der Waals surface area contributed by atoms with Gasteiger partial charge in [-0.25, -0.2) is 0 Å². The first-order valence-electron chi connectivity index (χ1n) is 2.92. The zero-order valence-electron chi connectivity index (χ0n) is 5.35. The van der Waals surface area contributed by atoms with Gasteiger partial charge in [-0.1, -0.05) is 0 Å². The van der Waals surface area contributed by atoms with Gasteiger partial charge >= 0.3 is 0 Å². The molecule has 0 spiro atoms. The van der Waals surface area contributed by atoms with Crippen LogP contribution in [-0.4, -0.2) is 24.4 Å². The Hall–Kier alpha value is -0.0800. The molecule has 1 N–H and O–H groups in total. The van der Waals surface area contributed by atoms with Crippen LogP contribution in [0.3, 0.4) is 0 Å². The third-order valence-electron chi connectivity index (χ3n) is 0.721. The summed E-state index contributed by atoms with van der Waals surface area (Å²) in [7, 11) is 0. The summed E-state index contributed by atoms with van der Waals surface area (Å²) < 4.78 is 18.0. The lowest BCUT2D eigenvalue weighted by molar-refractivity contribution is 0.264. The molecule has 1 fully saturated rings. The second-order valence-corrected chi connectivity index (χ2v) is 1.32. The molecule has 0 aromatic carbocycles. The van der Waals surface area contributed by atoms with Crippen LogP contribution in [0.1, 0.15) is 9.16 Å². The van der Waals surface area contributed by atoms with E-state index in [1.165, 1.54) is 0 Å². The minimum absolute atomic E-state index is 0.0324. The number of epoxide rings is 1. The minimum Gasteiger partial charge on any atom is -0.396 e. The Morgan fingerprint density at radius 3 is 3.00 bits per heavy atom. The highest BCUT2D eigenvalue weighted by molar-refractivity contribution is 4.66. The van der Waals surface area contributed by atoms with Gasteiger partial charge in [0.2, 0.25) is 0 Å². The van der Waals surface area contributed by atoms with E-state index in [4.69, 9.17) is 7.85 Å². The van der Waals surface area contributed by atoms with E-state index < -0.39 is 6.56 Å². The average molecular weight is 92.1 g/mol. The molecule has 1 saturated heterocycles. The van der Waals surface area contributed by atoms with Crippen molar-refractivity contribution in [3.63, 3.8) is 0 Å². The maximum absolute atomic E-state index is 8.48. The first-order valence-corrected chi connectivity index (χ1v) is 1.92. The molecule has 2 nitrogen and oxygen atoms in total. The van der Waals surface area contributed by atoms with Crippen molar-refractivity contribution in [2.75, 3.05) is 13.2 Å². The van der Waals surface area contributed by atoms with E-state index in [0.717, 1.165) is 0 Å². The fraction of sp³-hybridized carbons (Fsp3) is 1.00. The smallest absolute Gasteiger partial charge is 0.0831 e. The molecule has 0 radical (unpaired) electrons. The molecule has 0 saturated carbocycles. The highest BCUT2D eigenvalue weighted by Gasteiger charge is 2.20. The van der Waals surface area contributed by atoms with E-state index in [1.54, 1.807) is 0 Å². The van der Waals surface area contributed by atoms with Crippen molar-refractivity contribution in [2.45, 2.75) is 12.5 Å². The van der Waals surface area contributed by atoms with Crippen LogP contribution in [0.5, 0.6) is 0 Å². The molecule has 0 aliphatic carbocycles. The summed E-state index contributed by atoms with van der Waals surface area (Å²) in [5.74, 6) is 0. The minimum atomic E-state index is -2.04. The van der Waals surface area contributed by atoms with Crippen molar-refractivity contribution < 1.29 is 12.6 Å². The van der Waals surface area contributed by atoms with Crippen LogP contribution >= 0.6 is 0 Å². The predicted molar refractivity (Wildman–Crippen MR) is 21.4 cm³/mol. The number of aliphatic hydroxyl groups is 1. The van der Waals surface area contributed by atoms with Crippen molar-refractivity contribution in [1.29, 1.82) is 0 Å². The van der Waals surface area contributed by atoms with Gasteiger partial charge in [0.05, 0.1) is 15.5 Å². The van der Waals surface area contributed by atoms with Crippen LogP contribution in [-0.2, 0) is 4.74 Å². The van der Waals surface area contributed by atoms with Gasteiger partial charge in [-0.05, 0) is 6.42 Å². The summed E-state index contributed by atoms with van der Waals surface area (Å²) in [6.45, 7) is -1.44. The molecule has 0 aromatic rings. The van der Waals surface area contributed by atoms with E-state index in [-0.39, 0.29) is 12.5 Å². The SMILES string of the molecule is [2H]C([2H])([18OH])CC1CO1. The van der Waals surface area contributed by atoms with Crippen LogP contribution in [0.2, 0.25) is 0 Å². The Morgan fingerprint density at radius 2 is 2.83 bits per heavy atom. The maximum atomic E-state index is 8.48. The van der Waals surface area contributed by atoms with E-state index in [1.807, 2.05) is 0 Å². The fourth-order valence-corrected chi connectivity index (χ4v) is 0.288. The average Bonchev–Trinajstić information content (AvgIpc) is 2.12.